The Balaban J connectivity index is 2.02. The molecule has 1 amide bonds. The number of amides is 1. The summed E-state index contributed by atoms with van der Waals surface area (Å²) >= 11 is 6.32. The second-order valence-electron chi connectivity index (χ2n) is 8.39. The molecule has 1 fully saturated rings. The normalized spacial score (nSPS) is 17.4. The maximum atomic E-state index is 13.7. The van der Waals surface area contributed by atoms with Crippen molar-refractivity contribution in [1.82, 2.24) is 0 Å². The monoisotopic (exact) mass is 479 g/mol. The van der Waals surface area contributed by atoms with Gasteiger partial charge in [-0.2, -0.15) is 0 Å². The number of nitrogens with zero attached hydrogens (tertiary/aromatic N) is 1. The van der Waals surface area contributed by atoms with Gasteiger partial charge in [-0.25, -0.2) is 4.39 Å². The van der Waals surface area contributed by atoms with Crippen LogP contribution >= 0.6 is 11.6 Å². The van der Waals surface area contributed by atoms with Crippen LogP contribution in [0.15, 0.2) is 60.2 Å². The van der Waals surface area contributed by atoms with Crippen molar-refractivity contribution in [2.75, 3.05) is 12.0 Å². The van der Waals surface area contributed by atoms with E-state index in [9.17, 15) is 19.1 Å². The molecule has 1 N–H and O–H groups in total. The van der Waals surface area contributed by atoms with Gasteiger partial charge in [0.1, 0.15) is 17.3 Å². The largest absolute Gasteiger partial charge is 0.507 e. The summed E-state index contributed by atoms with van der Waals surface area (Å²) in [4.78, 5) is 28.0. The number of benzene rings is 3. The van der Waals surface area contributed by atoms with Gasteiger partial charge < -0.3 is 9.84 Å². The first-order valence-electron chi connectivity index (χ1n) is 10.6. The molecule has 3 aromatic rings. The number of hydrogen-bond acceptors (Lipinski definition) is 4. The molecule has 0 aliphatic carbocycles. The molecule has 0 aromatic heterocycles. The Labute approximate surface area is 202 Å². The third-order valence-electron chi connectivity index (χ3n) is 5.76. The predicted molar refractivity (Wildman–Crippen MR) is 130 cm³/mol. The van der Waals surface area contributed by atoms with Crippen molar-refractivity contribution >= 4 is 34.7 Å². The van der Waals surface area contributed by atoms with Crippen LogP contribution < -0.4 is 9.64 Å². The minimum absolute atomic E-state index is 0.129. The lowest BCUT2D eigenvalue weighted by atomic mass is 9.94. The quantitative estimate of drug-likeness (QED) is 0.281. The number of ether oxygens (including phenoxy) is 1. The average Bonchev–Trinajstić information content (AvgIpc) is 3.03. The minimum atomic E-state index is -0.981. The summed E-state index contributed by atoms with van der Waals surface area (Å²) in [7, 11) is 1.40. The van der Waals surface area contributed by atoms with Crippen LogP contribution in [0.4, 0.5) is 10.1 Å². The molecular formula is C27H23ClFNO4. The topological polar surface area (TPSA) is 66.8 Å². The highest BCUT2D eigenvalue weighted by molar-refractivity contribution is 6.51. The highest BCUT2D eigenvalue weighted by Gasteiger charge is 2.47. The van der Waals surface area contributed by atoms with E-state index in [2.05, 4.69) is 0 Å². The summed E-state index contributed by atoms with van der Waals surface area (Å²) in [6.45, 7) is 5.56. The molecule has 34 heavy (non-hydrogen) atoms. The zero-order chi connectivity index (χ0) is 24.7. The van der Waals surface area contributed by atoms with Gasteiger partial charge in [0.25, 0.3) is 11.7 Å². The van der Waals surface area contributed by atoms with Crippen molar-refractivity contribution in [3.05, 3.63) is 98.8 Å². The lowest BCUT2D eigenvalue weighted by Crippen LogP contribution is -2.29. The van der Waals surface area contributed by atoms with Gasteiger partial charge in [-0.15, -0.1) is 0 Å². The molecule has 3 aromatic carbocycles. The predicted octanol–water partition coefficient (Wildman–Crippen LogP) is 6.04. The number of carbonyl (C=O) groups excluding carboxylic acids is 2. The van der Waals surface area contributed by atoms with Crippen molar-refractivity contribution < 1.29 is 23.8 Å². The lowest BCUT2D eigenvalue weighted by molar-refractivity contribution is -0.132. The van der Waals surface area contributed by atoms with Gasteiger partial charge >= 0.3 is 0 Å². The second-order valence-corrected chi connectivity index (χ2v) is 8.80. The van der Waals surface area contributed by atoms with E-state index in [1.165, 1.54) is 36.3 Å². The Morgan fingerprint density at radius 1 is 0.971 bits per heavy atom. The first-order valence-corrected chi connectivity index (χ1v) is 11.0. The summed E-state index contributed by atoms with van der Waals surface area (Å²) < 4.78 is 19.1. The standard InChI is InChI=1S/C27H23ClFNO4/c1-14-9-15(2)11-19(10-14)30-23(17-5-7-18(29)8-6-17)22(25(32)27(30)33)24(31)20-12-16(3)13-21(28)26(20)34-4/h5-13,23,31H,1-4H3/b24-22+. The van der Waals surface area contributed by atoms with E-state index in [0.717, 1.165) is 16.7 Å². The van der Waals surface area contributed by atoms with Gasteiger partial charge in [-0.1, -0.05) is 29.8 Å². The number of rotatable bonds is 4. The summed E-state index contributed by atoms with van der Waals surface area (Å²) in [6.07, 6.45) is 0. The molecule has 0 bridgehead atoms. The zero-order valence-electron chi connectivity index (χ0n) is 19.1. The van der Waals surface area contributed by atoms with Crippen LogP contribution in [0.2, 0.25) is 5.02 Å². The Hall–Kier alpha value is -3.64. The molecule has 5 nitrogen and oxygen atoms in total. The molecule has 174 valence electrons. The van der Waals surface area contributed by atoms with E-state index in [1.807, 2.05) is 19.9 Å². The Kier molecular flexibility index (Phi) is 6.19. The average molecular weight is 480 g/mol. The fraction of sp³-hybridized carbons (Fsp3) is 0.185. The summed E-state index contributed by atoms with van der Waals surface area (Å²) in [5.74, 6) is -2.34. The van der Waals surface area contributed by atoms with Crippen LogP contribution in [-0.2, 0) is 9.59 Å². The number of Topliss-reactive ketones (excluding diaryl/α,β-unsaturated/α-hetero) is 1. The number of aliphatic hydroxyl groups is 1. The van der Waals surface area contributed by atoms with E-state index in [0.29, 0.717) is 11.3 Å². The van der Waals surface area contributed by atoms with Crippen molar-refractivity contribution in [3.8, 4) is 5.75 Å². The Morgan fingerprint density at radius 3 is 2.15 bits per heavy atom. The third-order valence-corrected chi connectivity index (χ3v) is 6.04. The number of carbonyl (C=O) groups is 2. The Bertz CT molecular complexity index is 1330. The van der Waals surface area contributed by atoms with Crippen LogP contribution in [-0.4, -0.2) is 23.9 Å². The maximum absolute atomic E-state index is 13.7. The van der Waals surface area contributed by atoms with Crippen molar-refractivity contribution in [2.24, 2.45) is 0 Å². The van der Waals surface area contributed by atoms with Crippen LogP contribution in [0.1, 0.15) is 33.9 Å². The van der Waals surface area contributed by atoms with Crippen LogP contribution in [0.5, 0.6) is 5.75 Å². The first-order chi connectivity index (χ1) is 16.1. The lowest BCUT2D eigenvalue weighted by Gasteiger charge is -2.26. The number of aliphatic hydroxyl groups excluding tert-OH is 1. The van der Waals surface area contributed by atoms with E-state index < -0.39 is 29.3 Å². The van der Waals surface area contributed by atoms with E-state index >= 15 is 0 Å². The van der Waals surface area contributed by atoms with Crippen molar-refractivity contribution in [2.45, 2.75) is 26.8 Å². The summed E-state index contributed by atoms with van der Waals surface area (Å²) in [5, 5.41) is 11.7. The van der Waals surface area contributed by atoms with E-state index in [1.54, 1.807) is 31.2 Å². The molecule has 0 radical (unpaired) electrons. The molecule has 0 spiro atoms. The zero-order valence-corrected chi connectivity index (χ0v) is 19.9. The SMILES string of the molecule is COc1c(Cl)cc(C)cc1/C(O)=C1\C(=O)C(=O)N(c2cc(C)cc(C)c2)C1c1ccc(F)cc1. The number of methoxy groups -OCH3 is 1. The van der Waals surface area contributed by atoms with Crippen molar-refractivity contribution in [1.29, 1.82) is 0 Å². The molecule has 1 saturated heterocycles. The van der Waals surface area contributed by atoms with Gasteiger partial charge in [-0.3, -0.25) is 14.5 Å². The fourth-order valence-electron chi connectivity index (χ4n) is 4.41. The molecule has 4 rings (SSSR count). The molecule has 1 aliphatic rings. The molecule has 7 heteroatoms. The van der Waals surface area contributed by atoms with E-state index in [-0.39, 0.29) is 21.9 Å². The number of hydrogen-bond donors (Lipinski definition) is 1. The van der Waals surface area contributed by atoms with Gasteiger partial charge in [0, 0.05) is 5.69 Å². The smallest absolute Gasteiger partial charge is 0.300 e. The second kappa shape index (κ2) is 8.95. The minimum Gasteiger partial charge on any atom is -0.507 e. The van der Waals surface area contributed by atoms with Gasteiger partial charge in [0.05, 0.1) is 29.3 Å². The number of ketones is 1. The number of halogens is 2. The Morgan fingerprint density at radius 2 is 1.56 bits per heavy atom. The van der Waals surface area contributed by atoms with Gasteiger partial charge in [0.2, 0.25) is 0 Å². The van der Waals surface area contributed by atoms with Gasteiger partial charge in [0.15, 0.2) is 0 Å². The highest BCUT2D eigenvalue weighted by atomic mass is 35.5. The molecular weight excluding hydrogens is 457 g/mol. The molecule has 1 aliphatic heterocycles. The van der Waals surface area contributed by atoms with Gasteiger partial charge in [-0.05, 0) is 79.4 Å². The third kappa shape index (κ3) is 4.05. The fourth-order valence-corrected chi connectivity index (χ4v) is 4.76. The summed E-state index contributed by atoms with van der Waals surface area (Å²) in [5.41, 5.74) is 3.58. The number of anilines is 1. The van der Waals surface area contributed by atoms with Crippen LogP contribution in [0.25, 0.3) is 5.76 Å². The summed E-state index contributed by atoms with van der Waals surface area (Å²) in [6, 6.07) is 13.3. The van der Waals surface area contributed by atoms with Crippen LogP contribution in [0, 0.1) is 26.6 Å². The van der Waals surface area contributed by atoms with E-state index in [4.69, 9.17) is 16.3 Å². The van der Waals surface area contributed by atoms with Crippen molar-refractivity contribution in [3.63, 3.8) is 0 Å². The molecule has 1 unspecified atom stereocenters. The first kappa shape index (κ1) is 23.5. The molecule has 0 saturated carbocycles. The molecule has 1 atom stereocenters. The maximum Gasteiger partial charge on any atom is 0.300 e. The van der Waals surface area contributed by atoms with Crippen LogP contribution in [0.3, 0.4) is 0 Å². The highest BCUT2D eigenvalue weighted by Crippen LogP contribution is 2.44. The number of aryl methyl sites for hydroxylation is 3. The molecule has 1 heterocycles.